The first-order chi connectivity index (χ1) is 12.0. The third-order valence-corrected chi connectivity index (χ3v) is 3.64. The quantitative estimate of drug-likeness (QED) is 0.737. The fourth-order valence-corrected chi connectivity index (χ4v) is 2.42. The van der Waals surface area contributed by atoms with Crippen LogP contribution >= 0.6 is 11.6 Å². The van der Waals surface area contributed by atoms with Crippen LogP contribution in [0, 0.1) is 17.1 Å². The number of aromatic nitrogens is 2. The standard InChI is InChI=1S/C17H10ClFN4O2/c18-12-2-1-3-13(7-12)23-16(11(8-20)9-21-23)22-15-6-10(17(24)25)4-5-14(15)19/h1-7,9,22H,(H,24,25). The van der Waals surface area contributed by atoms with Crippen LogP contribution in [0.1, 0.15) is 15.9 Å². The second kappa shape index (κ2) is 6.63. The number of nitrogens with one attached hydrogen (secondary N) is 1. The Morgan fingerprint density at radius 1 is 1.32 bits per heavy atom. The molecule has 2 N–H and O–H groups in total. The predicted octanol–water partition coefficient (Wildman–Crippen LogP) is 3.98. The van der Waals surface area contributed by atoms with Gasteiger partial charge >= 0.3 is 5.97 Å². The number of carboxylic acid groups (broad SMARTS) is 1. The molecule has 0 fully saturated rings. The molecule has 0 aliphatic heterocycles. The van der Waals surface area contributed by atoms with E-state index in [-0.39, 0.29) is 22.6 Å². The van der Waals surface area contributed by atoms with Gasteiger partial charge in [-0.25, -0.2) is 13.9 Å². The summed E-state index contributed by atoms with van der Waals surface area (Å²) in [6, 6.07) is 12.0. The normalized spacial score (nSPS) is 10.3. The van der Waals surface area contributed by atoms with Crippen LogP contribution in [0.3, 0.4) is 0 Å². The third-order valence-electron chi connectivity index (χ3n) is 3.41. The summed E-state index contributed by atoms with van der Waals surface area (Å²) in [7, 11) is 0. The number of hydrogen-bond acceptors (Lipinski definition) is 4. The smallest absolute Gasteiger partial charge is 0.335 e. The maximum Gasteiger partial charge on any atom is 0.335 e. The molecule has 0 aliphatic rings. The summed E-state index contributed by atoms with van der Waals surface area (Å²) in [6.07, 6.45) is 1.32. The van der Waals surface area contributed by atoms with E-state index in [0.717, 1.165) is 18.2 Å². The van der Waals surface area contributed by atoms with Crippen LogP contribution in [0.4, 0.5) is 15.9 Å². The van der Waals surface area contributed by atoms with Crippen LogP contribution in [0.25, 0.3) is 5.69 Å². The number of rotatable bonds is 4. The number of benzene rings is 2. The van der Waals surface area contributed by atoms with Gasteiger partial charge < -0.3 is 10.4 Å². The molecule has 0 unspecified atom stereocenters. The minimum atomic E-state index is -1.19. The fourth-order valence-electron chi connectivity index (χ4n) is 2.24. The summed E-state index contributed by atoms with van der Waals surface area (Å²) in [5.74, 6) is -1.65. The van der Waals surface area contributed by atoms with Crippen LogP contribution in [0.15, 0.2) is 48.7 Å². The van der Waals surface area contributed by atoms with Gasteiger partial charge in [0.25, 0.3) is 0 Å². The monoisotopic (exact) mass is 356 g/mol. The van der Waals surface area contributed by atoms with Crippen molar-refractivity contribution >= 4 is 29.1 Å². The summed E-state index contributed by atoms with van der Waals surface area (Å²) in [6.45, 7) is 0. The van der Waals surface area contributed by atoms with Crippen molar-refractivity contribution in [1.82, 2.24) is 9.78 Å². The van der Waals surface area contributed by atoms with Gasteiger partial charge in [-0.05, 0) is 36.4 Å². The van der Waals surface area contributed by atoms with Crippen molar-refractivity contribution in [2.45, 2.75) is 0 Å². The average Bonchev–Trinajstić information content (AvgIpc) is 2.99. The second-order valence-corrected chi connectivity index (χ2v) is 5.47. The number of nitriles is 1. The Labute approximate surface area is 146 Å². The van der Waals surface area contributed by atoms with E-state index in [1.54, 1.807) is 24.3 Å². The van der Waals surface area contributed by atoms with Crippen molar-refractivity contribution < 1.29 is 14.3 Å². The molecule has 0 atom stereocenters. The fraction of sp³-hybridized carbons (Fsp3) is 0. The van der Waals surface area contributed by atoms with Gasteiger partial charge in [-0.1, -0.05) is 17.7 Å². The minimum Gasteiger partial charge on any atom is -0.478 e. The molecule has 1 aromatic heterocycles. The summed E-state index contributed by atoms with van der Waals surface area (Å²) in [5.41, 5.74) is 0.558. The molecule has 0 bridgehead atoms. The van der Waals surface area contributed by atoms with Crippen LogP contribution < -0.4 is 5.32 Å². The van der Waals surface area contributed by atoms with Gasteiger partial charge in [0, 0.05) is 5.02 Å². The molecule has 0 spiro atoms. The largest absolute Gasteiger partial charge is 0.478 e. The van der Waals surface area contributed by atoms with Gasteiger partial charge in [-0.3, -0.25) is 0 Å². The molecule has 8 heteroatoms. The highest BCUT2D eigenvalue weighted by Gasteiger charge is 2.16. The highest BCUT2D eigenvalue weighted by atomic mass is 35.5. The van der Waals surface area contributed by atoms with E-state index in [9.17, 15) is 14.4 Å². The van der Waals surface area contributed by atoms with Gasteiger partial charge in [-0.2, -0.15) is 10.4 Å². The van der Waals surface area contributed by atoms with E-state index in [4.69, 9.17) is 16.7 Å². The average molecular weight is 357 g/mol. The summed E-state index contributed by atoms with van der Waals surface area (Å²) < 4.78 is 15.5. The summed E-state index contributed by atoms with van der Waals surface area (Å²) in [4.78, 5) is 11.1. The van der Waals surface area contributed by atoms with Crippen molar-refractivity contribution in [1.29, 1.82) is 5.26 Å². The lowest BCUT2D eigenvalue weighted by Crippen LogP contribution is -2.06. The van der Waals surface area contributed by atoms with E-state index in [0.29, 0.717) is 10.7 Å². The van der Waals surface area contributed by atoms with E-state index in [1.165, 1.54) is 10.9 Å². The molecule has 124 valence electrons. The molecule has 0 saturated heterocycles. The SMILES string of the molecule is N#Cc1cnn(-c2cccc(Cl)c2)c1Nc1cc(C(=O)O)ccc1F. The first-order valence-electron chi connectivity index (χ1n) is 7.03. The molecule has 0 radical (unpaired) electrons. The number of carboxylic acids is 1. The zero-order valence-corrected chi connectivity index (χ0v) is 13.3. The van der Waals surface area contributed by atoms with Gasteiger partial charge in [0.2, 0.25) is 0 Å². The molecule has 0 amide bonds. The van der Waals surface area contributed by atoms with Crippen LogP contribution in [-0.2, 0) is 0 Å². The Hall–Kier alpha value is -3.37. The van der Waals surface area contributed by atoms with Crippen LogP contribution in [-0.4, -0.2) is 20.9 Å². The first-order valence-corrected chi connectivity index (χ1v) is 7.41. The Morgan fingerprint density at radius 3 is 2.80 bits per heavy atom. The summed E-state index contributed by atoms with van der Waals surface area (Å²) >= 11 is 5.98. The van der Waals surface area contributed by atoms with Gasteiger partial charge in [0.15, 0.2) is 5.82 Å². The van der Waals surface area contributed by atoms with Gasteiger partial charge in [0.1, 0.15) is 17.4 Å². The molecular weight excluding hydrogens is 347 g/mol. The number of carbonyl (C=O) groups is 1. The van der Waals surface area contributed by atoms with E-state index in [2.05, 4.69) is 10.4 Å². The van der Waals surface area contributed by atoms with Gasteiger partial charge in [-0.15, -0.1) is 0 Å². The number of hydrogen-bond donors (Lipinski definition) is 2. The second-order valence-electron chi connectivity index (χ2n) is 5.04. The highest BCUT2D eigenvalue weighted by molar-refractivity contribution is 6.30. The molecule has 6 nitrogen and oxygen atoms in total. The van der Waals surface area contributed by atoms with Crippen molar-refractivity contribution in [3.63, 3.8) is 0 Å². The summed E-state index contributed by atoms with van der Waals surface area (Å²) in [5, 5.41) is 25.7. The number of halogens is 2. The molecule has 25 heavy (non-hydrogen) atoms. The molecular formula is C17H10ClFN4O2. The Bertz CT molecular complexity index is 1010. The molecule has 1 heterocycles. The zero-order chi connectivity index (χ0) is 18.0. The molecule has 3 aromatic rings. The van der Waals surface area contributed by atoms with E-state index >= 15 is 0 Å². The molecule has 3 rings (SSSR count). The lowest BCUT2D eigenvalue weighted by Gasteiger charge is -2.12. The lowest BCUT2D eigenvalue weighted by molar-refractivity contribution is 0.0697. The predicted molar refractivity (Wildman–Crippen MR) is 89.9 cm³/mol. The van der Waals surface area contributed by atoms with E-state index in [1.807, 2.05) is 6.07 Å². The Balaban J connectivity index is 2.09. The van der Waals surface area contributed by atoms with Gasteiger partial charge in [0.05, 0.1) is 23.1 Å². The van der Waals surface area contributed by atoms with Crippen molar-refractivity contribution in [3.8, 4) is 11.8 Å². The highest BCUT2D eigenvalue weighted by Crippen LogP contribution is 2.27. The maximum absolute atomic E-state index is 14.1. The Kier molecular flexibility index (Phi) is 4.37. The van der Waals surface area contributed by atoms with Crippen LogP contribution in [0.5, 0.6) is 0 Å². The zero-order valence-electron chi connectivity index (χ0n) is 12.6. The van der Waals surface area contributed by atoms with Crippen molar-refractivity contribution in [2.24, 2.45) is 0 Å². The maximum atomic E-state index is 14.1. The van der Waals surface area contributed by atoms with E-state index < -0.39 is 11.8 Å². The molecule has 0 saturated carbocycles. The number of aromatic carboxylic acids is 1. The molecule has 0 aliphatic carbocycles. The minimum absolute atomic E-state index is 0.0832. The Morgan fingerprint density at radius 2 is 2.12 bits per heavy atom. The lowest BCUT2D eigenvalue weighted by atomic mass is 10.2. The number of nitrogens with zero attached hydrogens (tertiary/aromatic N) is 3. The number of anilines is 2. The third kappa shape index (κ3) is 3.29. The first kappa shape index (κ1) is 16.5. The van der Waals surface area contributed by atoms with Crippen molar-refractivity contribution in [2.75, 3.05) is 5.32 Å². The topological polar surface area (TPSA) is 90.9 Å². The van der Waals surface area contributed by atoms with Crippen LogP contribution in [0.2, 0.25) is 5.02 Å². The van der Waals surface area contributed by atoms with Crippen molar-refractivity contribution in [3.05, 3.63) is 70.6 Å². The molecule has 2 aromatic carbocycles.